The molecule has 0 aromatic heterocycles. The maximum Gasteiger partial charge on any atom is 0.172 e. The van der Waals surface area contributed by atoms with Gasteiger partial charge in [0, 0.05) is 11.8 Å². The number of allylic oxidation sites excluding steroid dienone is 3. The summed E-state index contributed by atoms with van der Waals surface area (Å²) in [5.74, 6) is 1.16. The molecule has 0 aliphatic heterocycles. The van der Waals surface area contributed by atoms with Crippen LogP contribution in [0, 0.1) is 5.41 Å². The van der Waals surface area contributed by atoms with E-state index in [1.54, 1.807) is 33.7 Å². The molecule has 19 heavy (non-hydrogen) atoms. The molecular weight excluding hydrogens is 244 g/mol. The zero-order valence-corrected chi connectivity index (χ0v) is 12.5. The van der Waals surface area contributed by atoms with Gasteiger partial charge in [-0.25, -0.2) is 0 Å². The predicted octanol–water partition coefficient (Wildman–Crippen LogP) is 2.97. The van der Waals surface area contributed by atoms with Crippen molar-refractivity contribution in [3.05, 3.63) is 35.0 Å². The van der Waals surface area contributed by atoms with E-state index in [0.717, 1.165) is 5.57 Å². The Balaban J connectivity index is 3.31. The highest BCUT2D eigenvalue weighted by atomic mass is 16.5. The smallest absolute Gasteiger partial charge is 0.172 e. The van der Waals surface area contributed by atoms with Crippen molar-refractivity contribution in [3.63, 3.8) is 0 Å². The van der Waals surface area contributed by atoms with Crippen molar-refractivity contribution in [2.45, 2.75) is 27.2 Å². The predicted molar refractivity (Wildman–Crippen MR) is 73.3 cm³/mol. The Hall–Kier alpha value is -1.71. The van der Waals surface area contributed by atoms with Crippen LogP contribution in [-0.4, -0.2) is 27.1 Å². The summed E-state index contributed by atoms with van der Waals surface area (Å²) in [6, 6.07) is 0. The number of ketones is 1. The number of ether oxygens (including phenoxy) is 3. The molecule has 0 aromatic carbocycles. The molecule has 1 rings (SSSR count). The van der Waals surface area contributed by atoms with Gasteiger partial charge < -0.3 is 14.2 Å². The number of hydrogen-bond acceptors (Lipinski definition) is 4. The average Bonchev–Trinajstić information content (AvgIpc) is 2.36. The highest BCUT2D eigenvalue weighted by Crippen LogP contribution is 2.34. The van der Waals surface area contributed by atoms with Gasteiger partial charge in [0.05, 0.1) is 33.2 Å². The largest absolute Gasteiger partial charge is 0.504 e. The van der Waals surface area contributed by atoms with Crippen LogP contribution in [0.1, 0.15) is 27.2 Å². The first-order valence-electron chi connectivity index (χ1n) is 6.15. The standard InChI is InChI=1S/C15H22O4/c1-15(2,3)14(16)11-7-10(9-17-4)8-12(18-5)13(11)19-6/h7,9H,8H2,1-6H3. The van der Waals surface area contributed by atoms with Crippen LogP contribution >= 0.6 is 0 Å². The molecular formula is C15H22O4. The fourth-order valence-electron chi connectivity index (χ4n) is 1.91. The fourth-order valence-corrected chi connectivity index (χ4v) is 1.91. The monoisotopic (exact) mass is 266 g/mol. The van der Waals surface area contributed by atoms with E-state index in [1.807, 2.05) is 20.8 Å². The summed E-state index contributed by atoms with van der Waals surface area (Å²) in [6.07, 6.45) is 3.97. The van der Waals surface area contributed by atoms with E-state index in [4.69, 9.17) is 14.2 Å². The Morgan fingerprint density at radius 1 is 1.21 bits per heavy atom. The van der Waals surface area contributed by atoms with Gasteiger partial charge in [-0.1, -0.05) is 20.8 Å². The highest BCUT2D eigenvalue weighted by molar-refractivity contribution is 6.03. The molecule has 0 N–H and O–H groups in total. The molecule has 0 saturated carbocycles. The third-order valence-electron chi connectivity index (χ3n) is 2.84. The number of Topliss-reactive ketones (excluding diaryl/α,β-unsaturated/α-hetero) is 1. The lowest BCUT2D eigenvalue weighted by Gasteiger charge is -2.25. The van der Waals surface area contributed by atoms with Crippen molar-refractivity contribution >= 4 is 5.78 Å². The quantitative estimate of drug-likeness (QED) is 0.734. The van der Waals surface area contributed by atoms with Crippen molar-refractivity contribution in [1.29, 1.82) is 0 Å². The summed E-state index contributed by atoms with van der Waals surface area (Å²) in [5, 5.41) is 0. The first-order valence-corrected chi connectivity index (χ1v) is 6.15. The minimum Gasteiger partial charge on any atom is -0.504 e. The molecule has 0 spiro atoms. The van der Waals surface area contributed by atoms with Gasteiger partial charge in [0.15, 0.2) is 11.5 Å². The lowest BCUT2D eigenvalue weighted by atomic mass is 9.83. The van der Waals surface area contributed by atoms with Gasteiger partial charge >= 0.3 is 0 Å². The van der Waals surface area contributed by atoms with Crippen molar-refractivity contribution in [1.82, 2.24) is 0 Å². The molecule has 0 aromatic rings. The Kier molecular flexibility index (Phi) is 4.81. The maximum atomic E-state index is 12.5. The number of carbonyl (C=O) groups is 1. The molecule has 0 bridgehead atoms. The summed E-state index contributed by atoms with van der Waals surface area (Å²) in [5.41, 5.74) is 0.929. The fraction of sp³-hybridized carbons (Fsp3) is 0.533. The van der Waals surface area contributed by atoms with Crippen molar-refractivity contribution in [2.75, 3.05) is 21.3 Å². The number of hydrogen-bond donors (Lipinski definition) is 0. The van der Waals surface area contributed by atoms with Gasteiger partial charge in [-0.3, -0.25) is 4.79 Å². The molecule has 0 amide bonds. The van der Waals surface area contributed by atoms with Crippen LogP contribution in [0.3, 0.4) is 0 Å². The second-order valence-electron chi connectivity index (χ2n) is 5.40. The molecule has 0 radical (unpaired) electrons. The second-order valence-corrected chi connectivity index (χ2v) is 5.40. The van der Waals surface area contributed by atoms with Gasteiger partial charge in [-0.05, 0) is 11.6 Å². The number of methoxy groups -OCH3 is 3. The molecule has 4 heteroatoms. The van der Waals surface area contributed by atoms with E-state index >= 15 is 0 Å². The minimum atomic E-state index is -0.482. The summed E-state index contributed by atoms with van der Waals surface area (Å²) in [4.78, 5) is 12.5. The Bertz CT molecular complexity index is 447. The van der Waals surface area contributed by atoms with Crippen LogP contribution in [-0.2, 0) is 19.0 Å². The topological polar surface area (TPSA) is 44.8 Å². The molecule has 0 atom stereocenters. The van der Waals surface area contributed by atoms with E-state index < -0.39 is 5.41 Å². The summed E-state index contributed by atoms with van der Waals surface area (Å²) >= 11 is 0. The Morgan fingerprint density at radius 2 is 1.84 bits per heavy atom. The SMILES string of the molecule is COC=C1C=C(C(=O)C(C)(C)C)C(OC)=C(OC)C1. The van der Waals surface area contributed by atoms with Crippen LogP contribution in [0.2, 0.25) is 0 Å². The van der Waals surface area contributed by atoms with E-state index in [-0.39, 0.29) is 5.78 Å². The normalized spacial score (nSPS) is 18.2. The molecule has 1 aliphatic carbocycles. The van der Waals surface area contributed by atoms with Crippen LogP contribution in [0.5, 0.6) is 0 Å². The summed E-state index contributed by atoms with van der Waals surface area (Å²) < 4.78 is 15.7. The number of carbonyl (C=O) groups excluding carboxylic acids is 1. The number of rotatable bonds is 4. The van der Waals surface area contributed by atoms with E-state index in [2.05, 4.69) is 0 Å². The van der Waals surface area contributed by atoms with Crippen LogP contribution in [0.25, 0.3) is 0 Å². The average molecular weight is 266 g/mol. The molecule has 0 heterocycles. The van der Waals surface area contributed by atoms with E-state index in [9.17, 15) is 4.79 Å². The highest BCUT2D eigenvalue weighted by Gasteiger charge is 2.32. The van der Waals surface area contributed by atoms with Gasteiger partial charge in [0.1, 0.15) is 5.76 Å². The van der Waals surface area contributed by atoms with Crippen molar-refractivity contribution in [3.8, 4) is 0 Å². The zero-order chi connectivity index (χ0) is 14.6. The zero-order valence-electron chi connectivity index (χ0n) is 12.5. The minimum absolute atomic E-state index is 0.0144. The van der Waals surface area contributed by atoms with Gasteiger partial charge in [0.2, 0.25) is 0 Å². The molecule has 4 nitrogen and oxygen atoms in total. The molecule has 0 fully saturated rings. The molecule has 0 saturated heterocycles. The van der Waals surface area contributed by atoms with Crippen LogP contribution < -0.4 is 0 Å². The Morgan fingerprint density at radius 3 is 2.26 bits per heavy atom. The van der Waals surface area contributed by atoms with E-state index in [0.29, 0.717) is 23.5 Å². The molecule has 0 unspecified atom stereocenters. The second kappa shape index (κ2) is 5.95. The first-order chi connectivity index (χ1) is 8.85. The Labute approximate surface area is 114 Å². The lowest BCUT2D eigenvalue weighted by Crippen LogP contribution is -2.25. The van der Waals surface area contributed by atoms with Crippen LogP contribution in [0.4, 0.5) is 0 Å². The molecule has 106 valence electrons. The summed E-state index contributed by atoms with van der Waals surface area (Å²) in [6.45, 7) is 5.64. The third-order valence-corrected chi connectivity index (χ3v) is 2.84. The molecule has 1 aliphatic rings. The van der Waals surface area contributed by atoms with Gasteiger partial charge in [-0.2, -0.15) is 0 Å². The van der Waals surface area contributed by atoms with Crippen molar-refractivity contribution < 1.29 is 19.0 Å². The third kappa shape index (κ3) is 3.40. The van der Waals surface area contributed by atoms with Gasteiger partial charge in [-0.15, -0.1) is 0 Å². The maximum absolute atomic E-state index is 12.5. The van der Waals surface area contributed by atoms with Gasteiger partial charge in [0.25, 0.3) is 0 Å². The van der Waals surface area contributed by atoms with E-state index in [1.165, 1.54) is 0 Å². The van der Waals surface area contributed by atoms with Crippen molar-refractivity contribution in [2.24, 2.45) is 5.41 Å². The van der Waals surface area contributed by atoms with Crippen LogP contribution in [0.15, 0.2) is 35.0 Å². The summed E-state index contributed by atoms with van der Waals surface area (Å²) in [7, 11) is 4.70. The lowest BCUT2D eigenvalue weighted by molar-refractivity contribution is -0.122. The first kappa shape index (κ1) is 15.3.